The minimum Gasteiger partial charge on any atom is -0.444 e. The van der Waals surface area contributed by atoms with Gasteiger partial charge in [-0.15, -0.1) is 0 Å². The van der Waals surface area contributed by atoms with Crippen molar-refractivity contribution in [1.82, 2.24) is 47.5 Å². The molecule has 0 aromatic carbocycles. The second-order valence-electron chi connectivity index (χ2n) is 17.9. The van der Waals surface area contributed by atoms with Gasteiger partial charge in [0.25, 0.3) is 0 Å². The molecule has 6 fully saturated rings. The molecule has 6 amide bonds. The van der Waals surface area contributed by atoms with Crippen LogP contribution in [0.5, 0.6) is 0 Å². The zero-order chi connectivity index (χ0) is 41.9. The van der Waals surface area contributed by atoms with Crippen molar-refractivity contribution in [2.24, 2.45) is 23.7 Å². The van der Waals surface area contributed by atoms with Crippen molar-refractivity contribution in [3.8, 4) is 0 Å². The van der Waals surface area contributed by atoms with Gasteiger partial charge in [-0.2, -0.15) is 5.53 Å². The summed E-state index contributed by atoms with van der Waals surface area (Å²) in [5.41, 5.74) is 5.86. The van der Waals surface area contributed by atoms with Crippen LogP contribution >= 0.6 is 0 Å². The van der Waals surface area contributed by atoms with E-state index in [-0.39, 0.29) is 77.9 Å². The first-order chi connectivity index (χ1) is 28.3. The molecule has 19 nitrogen and oxygen atoms in total. The van der Waals surface area contributed by atoms with Gasteiger partial charge < -0.3 is 45.1 Å². The average Bonchev–Trinajstić information content (AvgIpc) is 3.79. The predicted octanol–water partition coefficient (Wildman–Crippen LogP) is -0.544. The minimum atomic E-state index is -0.593. The summed E-state index contributed by atoms with van der Waals surface area (Å²) in [6.45, 7) is 10.9. The van der Waals surface area contributed by atoms with Crippen LogP contribution in [0.1, 0.15) is 85.0 Å². The number of ether oxygens (including phenoxy) is 4. The van der Waals surface area contributed by atoms with Crippen molar-refractivity contribution >= 4 is 35.6 Å². The molecule has 0 bridgehead atoms. The number of hydrazine groups is 2. The van der Waals surface area contributed by atoms with Gasteiger partial charge in [0.15, 0.2) is 0 Å². The first-order valence-electron chi connectivity index (χ1n) is 21.8. The summed E-state index contributed by atoms with van der Waals surface area (Å²) in [6, 6.07) is -0.887. The Morgan fingerprint density at radius 2 is 1.53 bits per heavy atom. The van der Waals surface area contributed by atoms with E-state index >= 15 is 0 Å². The van der Waals surface area contributed by atoms with Gasteiger partial charge in [-0.1, -0.05) is 0 Å². The smallest absolute Gasteiger partial charge is 0.407 e. The van der Waals surface area contributed by atoms with Crippen LogP contribution in [0.25, 0.3) is 0 Å². The van der Waals surface area contributed by atoms with E-state index in [9.17, 15) is 28.8 Å². The highest BCUT2D eigenvalue weighted by Crippen LogP contribution is 2.40. The summed E-state index contributed by atoms with van der Waals surface area (Å²) < 4.78 is 21.9. The summed E-state index contributed by atoms with van der Waals surface area (Å²) >= 11 is 0. The van der Waals surface area contributed by atoms with Crippen molar-refractivity contribution in [3.63, 3.8) is 0 Å². The maximum atomic E-state index is 13.5. The third-order valence-corrected chi connectivity index (χ3v) is 12.4. The van der Waals surface area contributed by atoms with Crippen LogP contribution in [0.3, 0.4) is 0 Å². The summed E-state index contributed by atoms with van der Waals surface area (Å²) in [5.74, 6) is -0.463. The molecular weight excluding hydrogens is 766 g/mol. The van der Waals surface area contributed by atoms with E-state index in [4.69, 9.17) is 18.9 Å². The molecule has 0 aromatic heterocycles. The van der Waals surface area contributed by atoms with E-state index < -0.39 is 17.7 Å². The van der Waals surface area contributed by atoms with Crippen molar-refractivity contribution in [3.05, 3.63) is 0 Å². The fourth-order valence-corrected chi connectivity index (χ4v) is 9.38. The largest absolute Gasteiger partial charge is 0.444 e. The Balaban J connectivity index is 0.797. The highest BCUT2D eigenvalue weighted by molar-refractivity contribution is 6.02. The predicted molar refractivity (Wildman–Crippen MR) is 213 cm³/mol. The van der Waals surface area contributed by atoms with Crippen LogP contribution in [-0.4, -0.2) is 154 Å². The number of likely N-dealkylation sites (tertiary alicyclic amines) is 1. The maximum absolute atomic E-state index is 13.5. The molecule has 0 radical (unpaired) electrons. The number of amides is 6. The first kappa shape index (κ1) is 45.1. The number of nitrogens with zero attached hydrogens (tertiary/aromatic N) is 2. The molecule has 59 heavy (non-hydrogen) atoms. The summed E-state index contributed by atoms with van der Waals surface area (Å²) in [7, 11) is 0. The van der Waals surface area contributed by atoms with Crippen LogP contribution in [0.4, 0.5) is 4.79 Å². The van der Waals surface area contributed by atoms with Crippen molar-refractivity contribution in [2.75, 3.05) is 72.4 Å². The summed E-state index contributed by atoms with van der Waals surface area (Å²) in [5, 5.41) is 17.0. The van der Waals surface area contributed by atoms with Gasteiger partial charge in [-0.05, 0) is 90.4 Å². The third kappa shape index (κ3) is 13.3. The normalized spacial score (nSPS) is 31.3. The third-order valence-electron chi connectivity index (χ3n) is 12.4. The topological polar surface area (TPSA) is 230 Å². The Bertz CT molecular complexity index is 1480. The van der Waals surface area contributed by atoms with E-state index in [1.54, 1.807) is 4.90 Å². The van der Waals surface area contributed by atoms with Gasteiger partial charge in [-0.25, -0.2) is 15.2 Å². The Hall–Kier alpha value is -3.46. The van der Waals surface area contributed by atoms with E-state index in [1.807, 2.05) is 25.8 Å². The van der Waals surface area contributed by atoms with Crippen molar-refractivity contribution in [2.45, 2.75) is 121 Å². The summed E-state index contributed by atoms with van der Waals surface area (Å²) in [6.07, 6.45) is 6.45. The zero-order valence-electron chi connectivity index (χ0n) is 35.0. The Morgan fingerprint density at radius 1 is 0.797 bits per heavy atom. The molecule has 0 spiro atoms. The Kier molecular flexibility index (Phi) is 16.3. The number of fused-ring (bicyclic) bond motifs is 2. The van der Waals surface area contributed by atoms with Gasteiger partial charge in [0.1, 0.15) is 11.6 Å². The van der Waals surface area contributed by atoms with Gasteiger partial charge in [0.2, 0.25) is 29.5 Å². The molecule has 2 saturated carbocycles. The zero-order valence-corrected chi connectivity index (χ0v) is 35.0. The molecule has 19 heteroatoms. The lowest BCUT2D eigenvalue weighted by Crippen LogP contribution is -2.58. The number of rotatable bonds is 18. The van der Waals surface area contributed by atoms with Crippen LogP contribution in [-0.2, 0) is 42.9 Å². The van der Waals surface area contributed by atoms with Crippen LogP contribution in [0.2, 0.25) is 0 Å². The van der Waals surface area contributed by atoms with E-state index in [0.29, 0.717) is 97.5 Å². The van der Waals surface area contributed by atoms with Gasteiger partial charge in [0.05, 0.1) is 51.7 Å². The molecule has 9 unspecified atom stereocenters. The molecule has 4 saturated heterocycles. The number of carbonyl (C=O) groups excluding carboxylic acids is 6. The number of alkyl carbamates (subject to hydrolysis) is 1. The fourth-order valence-electron chi connectivity index (χ4n) is 9.38. The molecule has 9 atom stereocenters. The Morgan fingerprint density at radius 3 is 2.29 bits per heavy atom. The number of piperidine rings is 2. The van der Waals surface area contributed by atoms with E-state index in [2.05, 4.69) is 37.5 Å². The molecule has 7 N–H and O–H groups in total. The standard InChI is InChI=1S/C40H67N9O10/c1-40(2,3)59-39(55)41-12-14-56-16-18-58-19-17-57-15-13-48-24-29(46-47-48)22-42-35(51)26-5-4-25-7-9-31(44-32(25)20-26)36(52)43-28-8-6-27-23-49(38(54)30(27)21-28)33-10-11-34(50)45-37(33)53/h25-33,44,46-47H,4-24H2,1-3H3,(H,41,55)(H,42,51)(H,43,52)(H,45,50,53). The first-order valence-corrected chi connectivity index (χ1v) is 21.8. The van der Waals surface area contributed by atoms with E-state index in [1.165, 1.54) is 0 Å². The number of carbonyl (C=O) groups is 6. The molecule has 6 aliphatic rings. The SMILES string of the molecule is CC(C)(C)OC(=O)NCCOCCOCCOCCN1CC(CNC(=O)C2CCC3CCC(C(=O)NC4CCC5CN(C6CCC(=O)NC6=O)C(=O)C5C4)NC3C2)NN1. The maximum Gasteiger partial charge on any atom is 0.407 e. The fraction of sp³-hybridized carbons (Fsp3) is 0.850. The highest BCUT2D eigenvalue weighted by atomic mass is 16.6. The number of imide groups is 1. The van der Waals surface area contributed by atoms with Crippen molar-refractivity contribution < 1.29 is 47.7 Å². The van der Waals surface area contributed by atoms with Crippen LogP contribution in [0, 0.1) is 23.7 Å². The van der Waals surface area contributed by atoms with Gasteiger partial charge in [-0.3, -0.25) is 29.3 Å². The lowest BCUT2D eigenvalue weighted by Gasteiger charge is -2.42. The average molecular weight is 834 g/mol. The van der Waals surface area contributed by atoms with Crippen molar-refractivity contribution in [1.29, 1.82) is 0 Å². The molecule has 0 aromatic rings. The lowest BCUT2D eigenvalue weighted by atomic mass is 9.73. The lowest BCUT2D eigenvalue weighted by molar-refractivity contribution is -0.144. The van der Waals surface area contributed by atoms with Crippen LogP contribution in [0.15, 0.2) is 0 Å². The van der Waals surface area contributed by atoms with Gasteiger partial charge in [0, 0.05) is 63.1 Å². The molecule has 2 aliphatic carbocycles. The summed E-state index contributed by atoms with van der Waals surface area (Å²) in [4.78, 5) is 77.6. The molecule has 4 aliphatic heterocycles. The van der Waals surface area contributed by atoms with Gasteiger partial charge >= 0.3 is 6.09 Å². The second-order valence-corrected chi connectivity index (χ2v) is 17.9. The number of hydrogen-bond donors (Lipinski definition) is 7. The number of nitrogens with one attached hydrogen (secondary N) is 7. The Labute approximate surface area is 347 Å². The monoisotopic (exact) mass is 834 g/mol. The second kappa shape index (κ2) is 21.4. The molecule has 4 heterocycles. The number of hydrogen-bond acceptors (Lipinski definition) is 14. The quantitative estimate of drug-likeness (QED) is 0.0680. The minimum absolute atomic E-state index is 0.0428. The highest BCUT2D eigenvalue weighted by Gasteiger charge is 2.49. The van der Waals surface area contributed by atoms with E-state index in [0.717, 1.165) is 38.5 Å². The molecular formula is C40H67N9O10. The molecule has 6 rings (SSSR count). The molecule has 332 valence electrons. The van der Waals surface area contributed by atoms with Crippen LogP contribution < -0.4 is 37.5 Å².